The van der Waals surface area contributed by atoms with Gasteiger partial charge in [0.15, 0.2) is 5.69 Å². The summed E-state index contributed by atoms with van der Waals surface area (Å²) >= 11 is 8.01. The molecule has 4 heterocycles. The maximum absolute atomic E-state index is 11.3. The highest BCUT2D eigenvalue weighted by Gasteiger charge is 2.41. The fraction of sp³-hybridized carbons (Fsp3) is 0.391. The van der Waals surface area contributed by atoms with E-state index in [2.05, 4.69) is 26.8 Å². The third-order valence-electron chi connectivity index (χ3n) is 6.32. The lowest BCUT2D eigenvalue weighted by Gasteiger charge is -2.38. The number of hydrogen-bond donors (Lipinski definition) is 1. The summed E-state index contributed by atoms with van der Waals surface area (Å²) in [5.41, 5.74) is 6.22. The number of nitrogens with zero attached hydrogens (tertiary/aromatic N) is 4. The summed E-state index contributed by atoms with van der Waals surface area (Å²) in [6.07, 6.45) is 8.57. The molecule has 2 aliphatic heterocycles. The normalized spacial score (nSPS) is 19.8. The molecule has 0 unspecified atom stereocenters. The Bertz CT molecular complexity index is 1160. The van der Waals surface area contributed by atoms with Gasteiger partial charge >= 0.3 is 0 Å². The molecule has 3 aromatic rings. The van der Waals surface area contributed by atoms with Crippen LogP contribution in [-0.2, 0) is 4.74 Å². The van der Waals surface area contributed by atoms with Gasteiger partial charge in [-0.3, -0.25) is 4.79 Å². The number of nitrogens with two attached hydrogens (primary N) is 1. The van der Waals surface area contributed by atoms with Crippen LogP contribution in [0.3, 0.4) is 0 Å². The van der Waals surface area contributed by atoms with Gasteiger partial charge in [0.2, 0.25) is 5.89 Å². The summed E-state index contributed by atoms with van der Waals surface area (Å²) in [6.45, 7) is 4.97. The van der Waals surface area contributed by atoms with Crippen LogP contribution in [0.15, 0.2) is 51.2 Å². The molecule has 33 heavy (non-hydrogen) atoms. The van der Waals surface area contributed by atoms with Gasteiger partial charge in [-0.05, 0) is 43.7 Å². The van der Waals surface area contributed by atoms with Crippen molar-refractivity contribution in [3.05, 3.63) is 47.6 Å². The number of aromatic nitrogens is 3. The number of hydrogen-bond acceptors (Lipinski definition) is 8. The predicted octanol–water partition coefficient (Wildman–Crippen LogP) is 4.43. The van der Waals surface area contributed by atoms with Gasteiger partial charge in [0.1, 0.15) is 17.1 Å². The number of carbonyl (C=O) groups is 1. The highest BCUT2D eigenvalue weighted by Crippen LogP contribution is 2.42. The third-order valence-corrected chi connectivity index (χ3v) is 7.82. The molecule has 2 aromatic heterocycles. The number of ether oxygens (including phenoxy) is 1. The number of anilines is 1. The van der Waals surface area contributed by atoms with Crippen molar-refractivity contribution in [2.45, 2.75) is 42.2 Å². The molecular formula is C23H24ClN5O3S. The Morgan fingerprint density at radius 3 is 2.73 bits per heavy atom. The van der Waals surface area contributed by atoms with Crippen molar-refractivity contribution in [1.29, 1.82) is 0 Å². The Hall–Kier alpha value is -2.62. The molecule has 1 aromatic carbocycles. The second-order valence-corrected chi connectivity index (χ2v) is 10.1. The van der Waals surface area contributed by atoms with Crippen molar-refractivity contribution < 1.29 is 13.9 Å². The topological polar surface area (TPSA) is 107 Å². The number of amides is 1. The van der Waals surface area contributed by atoms with Gasteiger partial charge in [-0.25, -0.2) is 15.0 Å². The molecule has 0 radical (unpaired) electrons. The van der Waals surface area contributed by atoms with E-state index in [4.69, 9.17) is 26.5 Å². The van der Waals surface area contributed by atoms with Gasteiger partial charge in [-0.15, -0.1) is 0 Å². The summed E-state index contributed by atoms with van der Waals surface area (Å²) in [6, 6.07) is 5.51. The third kappa shape index (κ3) is 4.58. The van der Waals surface area contributed by atoms with Crippen LogP contribution >= 0.6 is 23.4 Å². The molecule has 0 aliphatic carbocycles. The van der Waals surface area contributed by atoms with E-state index < -0.39 is 5.91 Å². The molecular weight excluding hydrogens is 462 g/mol. The molecule has 8 nitrogen and oxygen atoms in total. The number of piperidine rings is 1. The minimum atomic E-state index is -0.656. The molecule has 10 heteroatoms. The highest BCUT2D eigenvalue weighted by atomic mass is 35.5. The first-order chi connectivity index (χ1) is 15.9. The average molecular weight is 486 g/mol. The van der Waals surface area contributed by atoms with Crippen LogP contribution in [0.25, 0.3) is 11.5 Å². The van der Waals surface area contributed by atoms with Gasteiger partial charge in [0.25, 0.3) is 5.91 Å². The molecule has 2 saturated heterocycles. The molecule has 1 spiro atoms. The van der Waals surface area contributed by atoms with E-state index in [1.807, 2.05) is 18.3 Å². The zero-order valence-electron chi connectivity index (χ0n) is 18.2. The van der Waals surface area contributed by atoms with Crippen molar-refractivity contribution in [3.63, 3.8) is 0 Å². The second-order valence-electron chi connectivity index (χ2n) is 8.65. The van der Waals surface area contributed by atoms with Gasteiger partial charge in [-0.1, -0.05) is 29.4 Å². The zero-order valence-corrected chi connectivity index (χ0v) is 19.7. The van der Waals surface area contributed by atoms with E-state index in [0.717, 1.165) is 54.7 Å². The zero-order chi connectivity index (χ0) is 23.0. The number of carbonyl (C=O) groups excluding carboxylic acids is 1. The smallest absolute Gasteiger partial charge is 0.270 e. The summed E-state index contributed by atoms with van der Waals surface area (Å²) in [5, 5.41) is 1.19. The van der Waals surface area contributed by atoms with Crippen LogP contribution in [0.1, 0.15) is 36.7 Å². The number of rotatable bonds is 5. The van der Waals surface area contributed by atoms with E-state index in [0.29, 0.717) is 22.1 Å². The maximum atomic E-state index is 11.3. The Balaban J connectivity index is 1.26. The first-order valence-corrected chi connectivity index (χ1v) is 12.0. The van der Waals surface area contributed by atoms with Crippen LogP contribution in [0.5, 0.6) is 0 Å². The second kappa shape index (κ2) is 8.96. The van der Waals surface area contributed by atoms with Crippen molar-refractivity contribution in [3.8, 4) is 11.5 Å². The summed E-state index contributed by atoms with van der Waals surface area (Å²) in [5.74, 6) is 0.472. The Kier molecular flexibility index (Phi) is 6.03. The lowest BCUT2D eigenvalue weighted by atomic mass is 9.77. The predicted molar refractivity (Wildman–Crippen MR) is 126 cm³/mol. The van der Waals surface area contributed by atoms with Gasteiger partial charge in [0, 0.05) is 18.0 Å². The molecule has 1 atom stereocenters. The lowest BCUT2D eigenvalue weighted by molar-refractivity contribution is 0.0975. The van der Waals surface area contributed by atoms with Crippen LogP contribution in [0, 0.1) is 5.41 Å². The van der Waals surface area contributed by atoms with E-state index >= 15 is 0 Å². The first kappa shape index (κ1) is 22.2. The van der Waals surface area contributed by atoms with E-state index in [-0.39, 0.29) is 11.6 Å². The first-order valence-electron chi connectivity index (χ1n) is 10.8. The monoisotopic (exact) mass is 485 g/mol. The Morgan fingerprint density at radius 1 is 1.27 bits per heavy atom. The van der Waals surface area contributed by atoms with E-state index in [9.17, 15) is 4.79 Å². The maximum Gasteiger partial charge on any atom is 0.270 e. The fourth-order valence-electron chi connectivity index (χ4n) is 4.51. The molecule has 0 saturated carbocycles. The minimum Gasteiger partial charge on any atom is -0.444 e. The number of halogens is 1. The number of oxazole rings is 1. The van der Waals surface area contributed by atoms with Crippen LogP contribution in [-0.4, -0.2) is 46.7 Å². The van der Waals surface area contributed by atoms with Crippen molar-refractivity contribution >= 4 is 35.1 Å². The van der Waals surface area contributed by atoms with E-state index in [1.54, 1.807) is 12.3 Å². The average Bonchev–Trinajstić information content (AvgIpc) is 3.44. The van der Waals surface area contributed by atoms with Gasteiger partial charge in [0.05, 0.1) is 35.7 Å². The SMILES string of the molecule is C[C@H]1CC2(CCN(c3cnc(Sc4cccc(-c5nc(C(N)=O)co5)c4Cl)cn3)CC2)CO1. The van der Waals surface area contributed by atoms with Crippen molar-refractivity contribution in [1.82, 2.24) is 15.0 Å². The fourth-order valence-corrected chi connectivity index (χ4v) is 5.61. The Morgan fingerprint density at radius 2 is 2.09 bits per heavy atom. The van der Waals surface area contributed by atoms with Crippen molar-refractivity contribution in [2.24, 2.45) is 11.1 Å². The number of primary amides is 1. The summed E-state index contributed by atoms with van der Waals surface area (Å²) in [7, 11) is 0. The molecule has 2 fully saturated rings. The summed E-state index contributed by atoms with van der Waals surface area (Å²) < 4.78 is 11.2. The quantitative estimate of drug-likeness (QED) is 0.565. The Labute approximate surface area is 200 Å². The van der Waals surface area contributed by atoms with E-state index in [1.165, 1.54) is 18.0 Å². The summed E-state index contributed by atoms with van der Waals surface area (Å²) in [4.78, 5) is 27.7. The van der Waals surface area contributed by atoms with Crippen LogP contribution in [0.4, 0.5) is 5.82 Å². The lowest BCUT2D eigenvalue weighted by Crippen LogP contribution is -2.41. The molecule has 1 amide bonds. The van der Waals surface area contributed by atoms with Gasteiger partial charge in [-0.2, -0.15) is 0 Å². The van der Waals surface area contributed by atoms with Crippen LogP contribution < -0.4 is 10.6 Å². The number of benzene rings is 1. The minimum absolute atomic E-state index is 0.0548. The highest BCUT2D eigenvalue weighted by molar-refractivity contribution is 7.99. The van der Waals surface area contributed by atoms with Crippen molar-refractivity contribution in [2.75, 3.05) is 24.6 Å². The standard InChI is InChI=1S/C23H24ClN5O3S/c1-14-9-23(13-32-14)5-7-29(8-6-23)18-10-27-19(11-26-18)33-17-4-2-3-15(20(17)24)22-28-16(12-31-22)21(25)30/h2-4,10-12,14H,5-9,13H2,1H3,(H2,25,30)/t14-/m0/s1. The molecule has 172 valence electrons. The largest absolute Gasteiger partial charge is 0.444 e. The molecule has 2 aliphatic rings. The molecule has 2 N–H and O–H groups in total. The molecule has 0 bridgehead atoms. The molecule has 5 rings (SSSR count). The van der Waals surface area contributed by atoms with Crippen LogP contribution in [0.2, 0.25) is 5.02 Å². The van der Waals surface area contributed by atoms with Gasteiger partial charge < -0.3 is 19.8 Å².